The van der Waals surface area contributed by atoms with Gasteiger partial charge in [0.1, 0.15) is 5.84 Å². The molecule has 170 valence electrons. The molecule has 3 rings (SSSR count). The lowest BCUT2D eigenvalue weighted by Gasteiger charge is -2.25. The van der Waals surface area contributed by atoms with Crippen LogP contribution >= 0.6 is 22.9 Å². The van der Waals surface area contributed by atoms with E-state index in [1.54, 1.807) is 0 Å². The predicted octanol–water partition coefficient (Wildman–Crippen LogP) is 6.55. The van der Waals surface area contributed by atoms with Gasteiger partial charge < -0.3 is 5.32 Å². The zero-order valence-corrected chi connectivity index (χ0v) is 19.0. The highest BCUT2D eigenvalue weighted by Crippen LogP contribution is 2.36. The van der Waals surface area contributed by atoms with Crippen LogP contribution < -0.4 is 5.32 Å². The molecule has 1 aliphatic rings. The van der Waals surface area contributed by atoms with Crippen LogP contribution in [0, 0.1) is 5.41 Å². The van der Waals surface area contributed by atoms with Crippen molar-refractivity contribution in [2.45, 2.75) is 44.8 Å². The first kappa shape index (κ1) is 24.4. The van der Waals surface area contributed by atoms with Gasteiger partial charge in [0, 0.05) is 22.5 Å². The molecular formula is C23H23ClF3N3OS. The molecule has 0 spiro atoms. The number of amidine groups is 1. The maximum Gasteiger partial charge on any atom is 0.417 e. The highest BCUT2D eigenvalue weighted by atomic mass is 35.5. The second kappa shape index (κ2) is 10.6. The number of piperidine rings is 1. The molecule has 1 unspecified atom stereocenters. The summed E-state index contributed by atoms with van der Waals surface area (Å²) >= 11 is 7.44. The first-order valence-corrected chi connectivity index (χ1v) is 11.5. The molecule has 0 bridgehead atoms. The number of ketones is 1. The topological polar surface area (TPSA) is 65.3 Å². The Kier molecular flexibility index (Phi) is 8.03. The first-order valence-electron chi connectivity index (χ1n) is 10.2. The summed E-state index contributed by atoms with van der Waals surface area (Å²) in [6.07, 6.45) is 0.149. The number of hydrogen-bond donors (Lipinski definition) is 2. The van der Waals surface area contributed by atoms with Crippen LogP contribution in [0.3, 0.4) is 0 Å². The van der Waals surface area contributed by atoms with E-state index in [-0.39, 0.29) is 17.4 Å². The molecule has 4 nitrogen and oxygen atoms in total. The summed E-state index contributed by atoms with van der Waals surface area (Å²) in [5.41, 5.74) is 0.532. The number of benzene rings is 1. The smallest absolute Gasteiger partial charge is 0.314 e. The van der Waals surface area contributed by atoms with Gasteiger partial charge in [0.15, 0.2) is 5.78 Å². The Balaban J connectivity index is 2.06. The minimum Gasteiger partial charge on any atom is -0.314 e. The normalized spacial score (nSPS) is 18.0. The second-order valence-corrected chi connectivity index (χ2v) is 8.77. The summed E-state index contributed by atoms with van der Waals surface area (Å²) in [5, 5.41) is 14.4. The van der Waals surface area contributed by atoms with Gasteiger partial charge in [-0.05, 0) is 68.0 Å². The van der Waals surface area contributed by atoms with E-state index in [2.05, 4.69) is 10.3 Å². The number of alkyl halides is 3. The van der Waals surface area contributed by atoms with E-state index in [0.29, 0.717) is 17.7 Å². The number of thiophene rings is 1. The molecule has 2 aromatic rings. The standard InChI is InChI=1S/C23H23ClF3N3OS/c1-14(28)30-22(15-8-10-32-13-15)16(11-17-5-2-3-9-29-17)12-20(31)18-6-4-7-19(21(18)24)23(25,26)27/h4,6-8,10,12-13,17,28-29H,2-3,5,9,11H2,1H3/b16-12+,28-14?,30-22?. The van der Waals surface area contributed by atoms with Crippen LogP contribution in [-0.2, 0) is 6.18 Å². The largest absolute Gasteiger partial charge is 0.417 e. The van der Waals surface area contributed by atoms with Gasteiger partial charge in [0.05, 0.1) is 16.3 Å². The van der Waals surface area contributed by atoms with Crippen molar-refractivity contribution in [2.24, 2.45) is 4.99 Å². The summed E-state index contributed by atoms with van der Waals surface area (Å²) in [5.74, 6) is -0.560. The minimum atomic E-state index is -4.66. The van der Waals surface area contributed by atoms with Crippen molar-refractivity contribution in [3.8, 4) is 0 Å². The average Bonchev–Trinajstić information content (AvgIpc) is 3.26. The zero-order valence-electron chi connectivity index (χ0n) is 17.4. The summed E-state index contributed by atoms with van der Waals surface area (Å²) in [6.45, 7) is 2.40. The molecule has 0 radical (unpaired) electrons. The van der Waals surface area contributed by atoms with Crippen LogP contribution in [-0.4, -0.2) is 29.9 Å². The van der Waals surface area contributed by atoms with E-state index in [0.717, 1.165) is 37.4 Å². The van der Waals surface area contributed by atoms with Gasteiger partial charge in [0.2, 0.25) is 0 Å². The molecule has 1 fully saturated rings. The Morgan fingerprint density at radius 3 is 2.72 bits per heavy atom. The fourth-order valence-corrected chi connectivity index (χ4v) is 4.62. The van der Waals surface area contributed by atoms with E-state index in [1.807, 2.05) is 16.8 Å². The minimum absolute atomic E-state index is 0.0678. The van der Waals surface area contributed by atoms with Crippen molar-refractivity contribution >= 4 is 40.3 Å². The number of hydrogen-bond acceptors (Lipinski definition) is 4. The Bertz CT molecular complexity index is 1040. The maximum atomic E-state index is 13.3. The van der Waals surface area contributed by atoms with Gasteiger partial charge in [0.25, 0.3) is 0 Å². The average molecular weight is 482 g/mol. The molecule has 1 aliphatic heterocycles. The van der Waals surface area contributed by atoms with Crippen LogP contribution in [0.5, 0.6) is 0 Å². The van der Waals surface area contributed by atoms with Crippen molar-refractivity contribution in [1.82, 2.24) is 5.32 Å². The van der Waals surface area contributed by atoms with Crippen LogP contribution in [0.15, 0.2) is 51.7 Å². The van der Waals surface area contributed by atoms with Crippen molar-refractivity contribution in [1.29, 1.82) is 5.41 Å². The lowest BCUT2D eigenvalue weighted by atomic mass is 9.91. The molecule has 9 heteroatoms. The number of halogens is 4. The number of aliphatic imine (C=N–C) groups is 1. The summed E-state index contributed by atoms with van der Waals surface area (Å²) in [4.78, 5) is 17.5. The Labute approximate surface area is 193 Å². The van der Waals surface area contributed by atoms with Gasteiger partial charge in [-0.3, -0.25) is 10.2 Å². The van der Waals surface area contributed by atoms with Crippen molar-refractivity contribution in [3.05, 3.63) is 68.4 Å². The molecular weight excluding hydrogens is 459 g/mol. The van der Waals surface area contributed by atoms with Crippen molar-refractivity contribution < 1.29 is 18.0 Å². The van der Waals surface area contributed by atoms with Crippen LogP contribution in [0.2, 0.25) is 5.02 Å². The van der Waals surface area contributed by atoms with E-state index in [1.165, 1.54) is 36.5 Å². The molecule has 2 heterocycles. The third-order valence-electron chi connectivity index (χ3n) is 5.13. The zero-order chi connectivity index (χ0) is 23.3. The summed E-state index contributed by atoms with van der Waals surface area (Å²) in [7, 11) is 0. The SMILES string of the molecule is CC(=N)N=C(/C(=C/C(=O)c1cccc(C(F)(F)F)c1Cl)CC1CCCCN1)c1ccsc1. The lowest BCUT2D eigenvalue weighted by molar-refractivity contribution is -0.137. The fourth-order valence-electron chi connectivity index (χ4n) is 3.65. The third-order valence-corrected chi connectivity index (χ3v) is 6.22. The van der Waals surface area contributed by atoms with E-state index >= 15 is 0 Å². The van der Waals surface area contributed by atoms with E-state index < -0.39 is 22.5 Å². The van der Waals surface area contributed by atoms with Crippen molar-refractivity contribution in [3.63, 3.8) is 0 Å². The van der Waals surface area contributed by atoms with Gasteiger partial charge in [-0.1, -0.05) is 24.1 Å². The third kappa shape index (κ3) is 6.15. The van der Waals surface area contributed by atoms with E-state index in [4.69, 9.17) is 17.0 Å². The lowest BCUT2D eigenvalue weighted by Crippen LogP contribution is -2.35. The van der Waals surface area contributed by atoms with Gasteiger partial charge >= 0.3 is 6.18 Å². The highest BCUT2D eigenvalue weighted by molar-refractivity contribution is 7.08. The molecule has 1 saturated heterocycles. The van der Waals surface area contributed by atoms with Gasteiger partial charge in [-0.2, -0.15) is 24.5 Å². The summed E-state index contributed by atoms with van der Waals surface area (Å²) < 4.78 is 39.8. The van der Waals surface area contributed by atoms with Crippen LogP contribution in [0.1, 0.15) is 54.1 Å². The summed E-state index contributed by atoms with van der Waals surface area (Å²) in [6, 6.07) is 5.27. The molecule has 0 aliphatic carbocycles. The molecule has 32 heavy (non-hydrogen) atoms. The van der Waals surface area contributed by atoms with Gasteiger partial charge in [-0.25, -0.2) is 4.99 Å². The number of rotatable bonds is 6. The fraction of sp³-hybridized carbons (Fsp3) is 0.348. The second-order valence-electron chi connectivity index (χ2n) is 7.61. The predicted molar refractivity (Wildman–Crippen MR) is 123 cm³/mol. The maximum absolute atomic E-state index is 13.3. The molecule has 1 aromatic heterocycles. The van der Waals surface area contributed by atoms with Crippen LogP contribution in [0.25, 0.3) is 0 Å². The monoisotopic (exact) mass is 481 g/mol. The van der Waals surface area contributed by atoms with Crippen molar-refractivity contribution in [2.75, 3.05) is 6.54 Å². The Morgan fingerprint density at radius 2 is 2.12 bits per heavy atom. The van der Waals surface area contributed by atoms with E-state index in [9.17, 15) is 18.0 Å². The first-order chi connectivity index (χ1) is 15.2. The highest BCUT2D eigenvalue weighted by Gasteiger charge is 2.34. The number of nitrogens with one attached hydrogen (secondary N) is 2. The Morgan fingerprint density at radius 1 is 1.34 bits per heavy atom. The number of carbonyl (C=O) groups excluding carboxylic acids is 1. The number of nitrogens with zero attached hydrogens (tertiary/aromatic N) is 1. The van der Waals surface area contributed by atoms with Crippen LogP contribution in [0.4, 0.5) is 13.2 Å². The molecule has 1 atom stereocenters. The van der Waals surface area contributed by atoms with Gasteiger partial charge in [-0.15, -0.1) is 0 Å². The molecule has 0 amide bonds. The Hall–Kier alpha value is -2.29. The number of carbonyl (C=O) groups is 1. The quantitative estimate of drug-likeness (QED) is 0.213. The number of allylic oxidation sites excluding steroid dienone is 1. The molecule has 0 saturated carbocycles. The molecule has 1 aromatic carbocycles. The molecule has 2 N–H and O–H groups in total.